The first-order valence-corrected chi connectivity index (χ1v) is 6.41. The van der Waals surface area contributed by atoms with Gasteiger partial charge < -0.3 is 29.2 Å². The molecule has 8 nitrogen and oxygen atoms in total. The van der Waals surface area contributed by atoms with Gasteiger partial charge in [-0.15, -0.1) is 0 Å². The Morgan fingerprint density at radius 1 is 1.09 bits per heavy atom. The summed E-state index contributed by atoms with van der Waals surface area (Å²) in [6.07, 6.45) is -3.19. The van der Waals surface area contributed by atoms with E-state index in [-0.39, 0.29) is 13.2 Å². The molecule has 0 saturated heterocycles. The van der Waals surface area contributed by atoms with Crippen molar-refractivity contribution in [2.75, 3.05) is 26.9 Å². The van der Waals surface area contributed by atoms with Crippen molar-refractivity contribution in [3.05, 3.63) is 30.3 Å². The molecule has 0 aliphatic heterocycles. The standard InChI is InChI=1S/C12H16O5.C2H4O3/c1-2-15-8-11(17-12(13)14)9-16-10-6-4-3-5-7-10;1-5-2(3)4/h3-7,11H,2,8-9H2,1H3,(H,13,14);1H3,(H,3,4). The highest BCUT2D eigenvalue weighted by Crippen LogP contribution is 2.09. The van der Waals surface area contributed by atoms with Crippen LogP contribution < -0.4 is 4.74 Å². The monoisotopic (exact) mass is 316 g/mol. The van der Waals surface area contributed by atoms with E-state index in [4.69, 9.17) is 24.5 Å². The third kappa shape index (κ3) is 11.4. The number of hydrogen-bond donors (Lipinski definition) is 2. The van der Waals surface area contributed by atoms with Crippen molar-refractivity contribution in [1.29, 1.82) is 0 Å². The quantitative estimate of drug-likeness (QED) is 0.738. The van der Waals surface area contributed by atoms with Crippen LogP contribution in [0.4, 0.5) is 9.59 Å². The van der Waals surface area contributed by atoms with Crippen molar-refractivity contribution < 1.29 is 38.7 Å². The van der Waals surface area contributed by atoms with Crippen LogP contribution >= 0.6 is 0 Å². The summed E-state index contributed by atoms with van der Waals surface area (Å²) in [5, 5.41) is 16.0. The fourth-order valence-corrected chi connectivity index (χ4v) is 1.21. The second-order valence-electron chi connectivity index (χ2n) is 3.76. The fourth-order valence-electron chi connectivity index (χ4n) is 1.21. The van der Waals surface area contributed by atoms with Crippen LogP contribution in [0.15, 0.2) is 30.3 Å². The smallest absolute Gasteiger partial charge is 0.490 e. The van der Waals surface area contributed by atoms with E-state index in [0.717, 1.165) is 7.11 Å². The molecule has 2 N–H and O–H groups in total. The number of ether oxygens (including phenoxy) is 4. The van der Waals surface area contributed by atoms with E-state index in [1.807, 2.05) is 25.1 Å². The van der Waals surface area contributed by atoms with Crippen LogP contribution in [0.2, 0.25) is 0 Å². The molecular formula is C14H20O8. The van der Waals surface area contributed by atoms with Crippen LogP contribution in [0.5, 0.6) is 5.75 Å². The lowest BCUT2D eigenvalue weighted by atomic mass is 10.3. The fraction of sp³-hybridized carbons (Fsp3) is 0.429. The van der Waals surface area contributed by atoms with Crippen molar-refractivity contribution in [3.63, 3.8) is 0 Å². The maximum atomic E-state index is 10.5. The zero-order valence-electron chi connectivity index (χ0n) is 12.4. The summed E-state index contributed by atoms with van der Waals surface area (Å²) in [6.45, 7) is 2.66. The molecule has 8 heteroatoms. The van der Waals surface area contributed by atoms with Gasteiger partial charge in [0.1, 0.15) is 12.4 Å². The Bertz CT molecular complexity index is 420. The minimum Gasteiger partial charge on any atom is -0.490 e. The summed E-state index contributed by atoms with van der Waals surface area (Å²) in [7, 11) is 1.10. The van der Waals surface area contributed by atoms with Crippen LogP contribution in [0.3, 0.4) is 0 Å². The first-order chi connectivity index (χ1) is 10.5. The molecule has 22 heavy (non-hydrogen) atoms. The van der Waals surface area contributed by atoms with Crippen LogP contribution in [0.25, 0.3) is 0 Å². The van der Waals surface area contributed by atoms with Gasteiger partial charge in [-0.3, -0.25) is 0 Å². The number of carboxylic acid groups (broad SMARTS) is 2. The summed E-state index contributed by atoms with van der Waals surface area (Å²) < 4.78 is 18.8. The molecular weight excluding hydrogens is 296 g/mol. The van der Waals surface area contributed by atoms with Crippen molar-refractivity contribution in [2.45, 2.75) is 13.0 Å². The molecule has 1 atom stereocenters. The first-order valence-electron chi connectivity index (χ1n) is 6.41. The summed E-state index contributed by atoms with van der Waals surface area (Å²) >= 11 is 0. The first kappa shape index (κ1) is 19.5. The van der Waals surface area contributed by atoms with Gasteiger partial charge in [-0.2, -0.15) is 0 Å². The Balaban J connectivity index is 0.000000763. The molecule has 1 unspecified atom stereocenters. The highest BCUT2D eigenvalue weighted by molar-refractivity contribution is 5.57. The lowest BCUT2D eigenvalue weighted by molar-refractivity contribution is -0.0178. The van der Waals surface area contributed by atoms with Crippen molar-refractivity contribution in [1.82, 2.24) is 0 Å². The summed E-state index contributed by atoms with van der Waals surface area (Å²) in [5.41, 5.74) is 0. The molecule has 0 amide bonds. The van der Waals surface area contributed by atoms with E-state index in [2.05, 4.69) is 9.47 Å². The van der Waals surface area contributed by atoms with Gasteiger partial charge in [0.15, 0.2) is 6.10 Å². The van der Waals surface area contributed by atoms with Crippen LogP contribution in [-0.2, 0) is 14.2 Å². The second kappa shape index (κ2) is 12.3. The van der Waals surface area contributed by atoms with E-state index in [1.165, 1.54) is 0 Å². The van der Waals surface area contributed by atoms with Gasteiger partial charge in [0.2, 0.25) is 0 Å². The molecule has 0 fully saturated rings. The van der Waals surface area contributed by atoms with E-state index < -0.39 is 18.4 Å². The number of para-hydroxylation sites is 1. The van der Waals surface area contributed by atoms with E-state index in [9.17, 15) is 4.79 Å². The van der Waals surface area contributed by atoms with Crippen molar-refractivity contribution >= 4 is 12.3 Å². The summed E-state index contributed by atoms with van der Waals surface area (Å²) in [4.78, 5) is 19.6. The van der Waals surface area contributed by atoms with Crippen molar-refractivity contribution in [2.24, 2.45) is 0 Å². The largest absolute Gasteiger partial charge is 0.506 e. The number of carbonyl (C=O) groups is 2. The summed E-state index contributed by atoms with van der Waals surface area (Å²) in [6, 6.07) is 9.13. The maximum absolute atomic E-state index is 10.5. The zero-order chi connectivity index (χ0) is 16.8. The van der Waals surface area contributed by atoms with Gasteiger partial charge in [0, 0.05) is 6.61 Å². The second-order valence-corrected chi connectivity index (χ2v) is 3.76. The van der Waals surface area contributed by atoms with Crippen molar-refractivity contribution in [3.8, 4) is 5.75 Å². The highest BCUT2D eigenvalue weighted by atomic mass is 16.7. The van der Waals surface area contributed by atoms with E-state index >= 15 is 0 Å². The molecule has 0 bridgehead atoms. The molecule has 0 aromatic heterocycles. The molecule has 0 aliphatic carbocycles. The highest BCUT2D eigenvalue weighted by Gasteiger charge is 2.14. The number of hydrogen-bond acceptors (Lipinski definition) is 6. The van der Waals surface area contributed by atoms with Gasteiger partial charge >= 0.3 is 12.3 Å². The number of methoxy groups -OCH3 is 1. The van der Waals surface area contributed by atoms with E-state index in [1.54, 1.807) is 12.1 Å². The number of benzene rings is 1. The average Bonchev–Trinajstić information content (AvgIpc) is 2.51. The molecule has 0 heterocycles. The van der Waals surface area contributed by atoms with Gasteiger partial charge in [-0.05, 0) is 19.1 Å². The third-order valence-corrected chi connectivity index (χ3v) is 2.13. The predicted octanol–water partition coefficient (Wildman–Crippen LogP) is 2.48. The van der Waals surface area contributed by atoms with Crippen LogP contribution in [-0.4, -0.2) is 55.6 Å². The van der Waals surface area contributed by atoms with Gasteiger partial charge in [0.25, 0.3) is 0 Å². The lowest BCUT2D eigenvalue weighted by Crippen LogP contribution is -2.29. The third-order valence-electron chi connectivity index (χ3n) is 2.13. The SMILES string of the molecule is CCOCC(COc1ccccc1)OC(=O)O.COC(=O)O. The Kier molecular flexibility index (Phi) is 10.9. The Hall–Kier alpha value is -2.48. The normalized spacial score (nSPS) is 10.6. The summed E-state index contributed by atoms with van der Waals surface area (Å²) in [5.74, 6) is 0.669. The molecule has 0 aliphatic rings. The lowest BCUT2D eigenvalue weighted by Gasteiger charge is -2.16. The Morgan fingerprint density at radius 3 is 2.14 bits per heavy atom. The Morgan fingerprint density at radius 2 is 1.68 bits per heavy atom. The molecule has 124 valence electrons. The minimum atomic E-state index is -1.33. The predicted molar refractivity (Wildman–Crippen MR) is 76.4 cm³/mol. The van der Waals surface area contributed by atoms with E-state index in [0.29, 0.717) is 12.4 Å². The number of rotatable bonds is 7. The maximum Gasteiger partial charge on any atom is 0.506 e. The van der Waals surface area contributed by atoms with Gasteiger partial charge in [-0.1, -0.05) is 18.2 Å². The van der Waals surface area contributed by atoms with Crippen LogP contribution in [0.1, 0.15) is 6.92 Å². The topological polar surface area (TPSA) is 112 Å². The molecule has 0 spiro atoms. The minimum absolute atomic E-state index is 0.135. The Labute approximate surface area is 128 Å². The average molecular weight is 316 g/mol. The molecule has 0 radical (unpaired) electrons. The van der Waals surface area contributed by atoms with Gasteiger partial charge in [-0.25, -0.2) is 9.59 Å². The van der Waals surface area contributed by atoms with Gasteiger partial charge in [0.05, 0.1) is 13.7 Å². The van der Waals surface area contributed by atoms with Crippen LogP contribution in [0, 0.1) is 0 Å². The molecule has 0 saturated carbocycles. The zero-order valence-corrected chi connectivity index (χ0v) is 12.4. The molecule has 1 rings (SSSR count). The molecule has 1 aromatic carbocycles. The molecule has 1 aromatic rings.